The lowest BCUT2D eigenvalue weighted by atomic mass is 9.77. The number of rotatable bonds is 3. The predicted octanol–water partition coefficient (Wildman–Crippen LogP) is 1.72. The number of para-hydroxylation sites is 1. The predicted molar refractivity (Wildman–Crippen MR) is 57.1 cm³/mol. The zero-order chi connectivity index (χ0) is 9.68. The molecular weight excluding hydrogens is 158 g/mol. The SMILES string of the molecule is [B]C([B])=Cc1ccccc1OCC. The molecule has 1 nitrogen and oxygen atoms in total. The Hall–Kier alpha value is -1.11. The first-order valence-electron chi connectivity index (χ1n) is 4.18. The standard InChI is InChI=1S/C10H10B2O/c1-2-13-9-6-4-3-5-8(9)7-10(11)12/h3-7H,2H2,1H3. The lowest BCUT2D eigenvalue weighted by Gasteiger charge is -2.06. The summed E-state index contributed by atoms with van der Waals surface area (Å²) in [6.07, 6.45) is 1.69. The number of benzene rings is 1. The van der Waals surface area contributed by atoms with E-state index in [-0.39, 0.29) is 5.37 Å². The minimum atomic E-state index is 0.284. The average molecular weight is 168 g/mol. The molecule has 0 amide bonds. The second kappa shape index (κ2) is 4.80. The number of ether oxygens (including phenoxy) is 1. The van der Waals surface area contributed by atoms with E-state index in [1.54, 1.807) is 6.08 Å². The van der Waals surface area contributed by atoms with E-state index in [1.807, 2.05) is 31.2 Å². The van der Waals surface area contributed by atoms with Gasteiger partial charge < -0.3 is 4.74 Å². The summed E-state index contributed by atoms with van der Waals surface area (Å²) in [5.41, 5.74) is 0.907. The maximum absolute atomic E-state index is 5.38. The third-order valence-corrected chi connectivity index (χ3v) is 1.54. The Morgan fingerprint density at radius 3 is 2.69 bits per heavy atom. The van der Waals surface area contributed by atoms with Gasteiger partial charge in [-0.2, -0.15) is 5.37 Å². The first-order valence-corrected chi connectivity index (χ1v) is 4.18. The quantitative estimate of drug-likeness (QED) is 0.624. The molecule has 0 spiro atoms. The Bertz CT molecular complexity index is 304. The molecule has 0 aliphatic heterocycles. The van der Waals surface area contributed by atoms with Gasteiger partial charge in [-0.3, -0.25) is 0 Å². The summed E-state index contributed by atoms with van der Waals surface area (Å²) >= 11 is 0. The smallest absolute Gasteiger partial charge is 0.126 e. The van der Waals surface area contributed by atoms with Crippen LogP contribution in [-0.2, 0) is 0 Å². The Kier molecular flexibility index (Phi) is 3.69. The van der Waals surface area contributed by atoms with E-state index in [4.69, 9.17) is 20.4 Å². The molecule has 1 aromatic carbocycles. The van der Waals surface area contributed by atoms with Gasteiger partial charge in [0.1, 0.15) is 5.75 Å². The van der Waals surface area contributed by atoms with E-state index in [2.05, 4.69) is 0 Å². The van der Waals surface area contributed by atoms with Gasteiger partial charge in [0.2, 0.25) is 0 Å². The first kappa shape index (κ1) is 9.97. The number of hydrogen-bond donors (Lipinski definition) is 0. The topological polar surface area (TPSA) is 9.23 Å². The summed E-state index contributed by atoms with van der Waals surface area (Å²) in [5.74, 6) is 0.804. The molecule has 0 unspecified atom stereocenters. The van der Waals surface area contributed by atoms with Gasteiger partial charge in [0.05, 0.1) is 22.3 Å². The van der Waals surface area contributed by atoms with Crippen molar-refractivity contribution in [2.24, 2.45) is 0 Å². The van der Waals surface area contributed by atoms with Crippen molar-refractivity contribution in [3.8, 4) is 5.75 Å². The van der Waals surface area contributed by atoms with Gasteiger partial charge in [0.15, 0.2) is 0 Å². The largest absolute Gasteiger partial charge is 0.493 e. The van der Waals surface area contributed by atoms with Crippen molar-refractivity contribution < 1.29 is 4.74 Å². The van der Waals surface area contributed by atoms with E-state index in [9.17, 15) is 0 Å². The van der Waals surface area contributed by atoms with E-state index < -0.39 is 0 Å². The maximum Gasteiger partial charge on any atom is 0.126 e. The van der Waals surface area contributed by atoms with Crippen molar-refractivity contribution in [2.45, 2.75) is 6.92 Å². The van der Waals surface area contributed by atoms with Gasteiger partial charge in [-0.25, -0.2) is 0 Å². The van der Waals surface area contributed by atoms with E-state index in [0.29, 0.717) is 6.61 Å². The zero-order valence-corrected chi connectivity index (χ0v) is 7.66. The van der Waals surface area contributed by atoms with Gasteiger partial charge in [0.25, 0.3) is 0 Å². The molecule has 0 aliphatic carbocycles. The fraction of sp³-hybridized carbons (Fsp3) is 0.200. The molecule has 62 valence electrons. The summed E-state index contributed by atoms with van der Waals surface area (Å²) in [6.45, 7) is 2.57. The molecule has 1 aromatic rings. The van der Waals surface area contributed by atoms with E-state index in [1.165, 1.54) is 0 Å². The zero-order valence-electron chi connectivity index (χ0n) is 7.66. The number of hydrogen-bond acceptors (Lipinski definition) is 1. The third kappa shape index (κ3) is 3.02. The van der Waals surface area contributed by atoms with Crippen LogP contribution in [0.15, 0.2) is 29.6 Å². The van der Waals surface area contributed by atoms with Crippen LogP contribution in [0.3, 0.4) is 0 Å². The molecular formula is C10H10B2O. The molecule has 0 aromatic heterocycles. The van der Waals surface area contributed by atoms with Crippen LogP contribution in [0, 0.1) is 0 Å². The van der Waals surface area contributed by atoms with Crippen molar-refractivity contribution in [1.82, 2.24) is 0 Å². The van der Waals surface area contributed by atoms with Crippen LogP contribution in [0.2, 0.25) is 0 Å². The van der Waals surface area contributed by atoms with Gasteiger partial charge >= 0.3 is 0 Å². The lowest BCUT2D eigenvalue weighted by Crippen LogP contribution is -1.93. The Labute approximate surface area is 81.6 Å². The molecule has 1 rings (SSSR count). The second-order valence-corrected chi connectivity index (χ2v) is 2.62. The first-order chi connectivity index (χ1) is 6.24. The highest BCUT2D eigenvalue weighted by Crippen LogP contribution is 2.19. The third-order valence-electron chi connectivity index (χ3n) is 1.54. The molecule has 3 heteroatoms. The molecule has 0 saturated heterocycles. The van der Waals surface area contributed by atoms with Gasteiger partial charge in [0, 0.05) is 5.56 Å². The molecule has 0 atom stereocenters. The van der Waals surface area contributed by atoms with Crippen molar-refractivity contribution >= 4 is 21.8 Å². The Morgan fingerprint density at radius 1 is 1.38 bits per heavy atom. The molecule has 4 radical (unpaired) electrons. The normalized spacial score (nSPS) is 9.31. The summed E-state index contributed by atoms with van der Waals surface area (Å²) in [4.78, 5) is 0. The minimum absolute atomic E-state index is 0.284. The Morgan fingerprint density at radius 2 is 2.08 bits per heavy atom. The monoisotopic (exact) mass is 168 g/mol. The van der Waals surface area contributed by atoms with Crippen molar-refractivity contribution in [2.75, 3.05) is 6.61 Å². The fourth-order valence-electron chi connectivity index (χ4n) is 1.07. The molecule has 0 N–H and O–H groups in total. The minimum Gasteiger partial charge on any atom is -0.493 e. The van der Waals surface area contributed by atoms with Crippen LogP contribution < -0.4 is 4.74 Å². The highest BCUT2D eigenvalue weighted by molar-refractivity contribution is 6.50. The van der Waals surface area contributed by atoms with E-state index in [0.717, 1.165) is 11.3 Å². The van der Waals surface area contributed by atoms with Crippen LogP contribution in [0.25, 0.3) is 6.08 Å². The fourth-order valence-corrected chi connectivity index (χ4v) is 1.07. The van der Waals surface area contributed by atoms with E-state index >= 15 is 0 Å². The molecule has 0 aliphatic rings. The van der Waals surface area contributed by atoms with Crippen LogP contribution >= 0.6 is 0 Å². The summed E-state index contributed by atoms with van der Waals surface area (Å²) in [5, 5.41) is 0.284. The van der Waals surface area contributed by atoms with Crippen LogP contribution in [0.4, 0.5) is 0 Å². The molecule has 0 saturated carbocycles. The highest BCUT2D eigenvalue weighted by atomic mass is 16.5. The van der Waals surface area contributed by atoms with Gasteiger partial charge in [-0.05, 0) is 13.0 Å². The molecule has 0 bridgehead atoms. The van der Waals surface area contributed by atoms with Gasteiger partial charge in [-0.1, -0.05) is 24.3 Å². The van der Waals surface area contributed by atoms with Crippen LogP contribution in [0.1, 0.15) is 12.5 Å². The maximum atomic E-state index is 5.38. The van der Waals surface area contributed by atoms with Gasteiger partial charge in [-0.15, -0.1) is 0 Å². The molecule has 0 heterocycles. The summed E-state index contributed by atoms with van der Waals surface area (Å²) in [6, 6.07) is 7.62. The lowest BCUT2D eigenvalue weighted by molar-refractivity contribution is 0.339. The molecule has 0 fully saturated rings. The summed E-state index contributed by atoms with van der Waals surface area (Å²) < 4.78 is 5.38. The second-order valence-electron chi connectivity index (χ2n) is 2.62. The van der Waals surface area contributed by atoms with Crippen LogP contribution in [-0.4, -0.2) is 22.3 Å². The highest BCUT2D eigenvalue weighted by Gasteiger charge is 1.97. The summed E-state index contributed by atoms with van der Waals surface area (Å²) in [7, 11) is 10.7. The van der Waals surface area contributed by atoms with Crippen LogP contribution in [0.5, 0.6) is 5.75 Å². The Balaban J connectivity index is 2.97. The average Bonchev–Trinajstić information content (AvgIpc) is 2.08. The van der Waals surface area contributed by atoms with Crippen molar-refractivity contribution in [3.05, 3.63) is 35.2 Å². The van der Waals surface area contributed by atoms with Crippen molar-refractivity contribution in [1.29, 1.82) is 0 Å². The molecule has 13 heavy (non-hydrogen) atoms. The van der Waals surface area contributed by atoms with Crippen molar-refractivity contribution in [3.63, 3.8) is 0 Å².